The number of halogens is 1. The van der Waals surface area contributed by atoms with Crippen molar-refractivity contribution in [3.05, 3.63) is 74.3 Å². The van der Waals surface area contributed by atoms with E-state index in [2.05, 4.69) is 10.5 Å². The van der Waals surface area contributed by atoms with Crippen LogP contribution in [-0.2, 0) is 0 Å². The van der Waals surface area contributed by atoms with Gasteiger partial charge in [0.25, 0.3) is 11.6 Å². The molecule has 1 amide bonds. The Hall–Kier alpha value is -2.73. The number of nitro groups is 1. The maximum absolute atomic E-state index is 12.0. The predicted octanol–water partition coefficient (Wildman–Crippen LogP) is 3.71. The Labute approximate surface area is 137 Å². The predicted molar refractivity (Wildman–Crippen MR) is 89.0 cm³/mol. The minimum absolute atomic E-state index is 0.00878. The first kappa shape index (κ1) is 16.6. The molecule has 118 valence electrons. The fraction of sp³-hybridized carbons (Fsp3) is 0.125. The first-order valence-corrected chi connectivity index (χ1v) is 7.12. The fourth-order valence-corrected chi connectivity index (χ4v) is 2.16. The van der Waals surface area contributed by atoms with Gasteiger partial charge in [-0.25, -0.2) is 5.43 Å². The minimum Gasteiger partial charge on any atom is -0.267 e. The summed E-state index contributed by atoms with van der Waals surface area (Å²) < 4.78 is 0. The Bertz CT molecular complexity index is 803. The number of rotatable bonds is 4. The molecule has 0 aliphatic rings. The molecule has 0 aliphatic heterocycles. The number of hydrogen-bond acceptors (Lipinski definition) is 4. The van der Waals surface area contributed by atoms with Crippen LogP contribution in [0.4, 0.5) is 5.69 Å². The first-order valence-electron chi connectivity index (χ1n) is 6.74. The van der Waals surface area contributed by atoms with E-state index in [0.29, 0.717) is 27.4 Å². The standard InChI is InChI=1S/C16H14ClN3O3/c1-10-7-8-12(9-15(10)20(22)23)11(2)18-19-16(21)13-5-3-4-6-14(13)17/h3-9H,1-2H3,(H,19,21)/b18-11-. The van der Waals surface area contributed by atoms with E-state index in [-0.39, 0.29) is 5.69 Å². The van der Waals surface area contributed by atoms with Crippen LogP contribution in [0.2, 0.25) is 5.02 Å². The quantitative estimate of drug-likeness (QED) is 0.526. The first-order chi connectivity index (χ1) is 10.9. The van der Waals surface area contributed by atoms with Crippen LogP contribution >= 0.6 is 11.6 Å². The van der Waals surface area contributed by atoms with Crippen molar-refractivity contribution in [3.63, 3.8) is 0 Å². The lowest BCUT2D eigenvalue weighted by Gasteiger charge is -2.05. The van der Waals surface area contributed by atoms with Crippen molar-refractivity contribution < 1.29 is 9.72 Å². The molecule has 2 aromatic carbocycles. The molecule has 0 fully saturated rings. The third kappa shape index (κ3) is 3.92. The maximum atomic E-state index is 12.0. The maximum Gasteiger partial charge on any atom is 0.272 e. The van der Waals surface area contributed by atoms with E-state index in [0.717, 1.165) is 0 Å². The van der Waals surface area contributed by atoms with Crippen molar-refractivity contribution in [3.8, 4) is 0 Å². The molecular formula is C16H14ClN3O3. The van der Waals surface area contributed by atoms with Crippen molar-refractivity contribution in [2.45, 2.75) is 13.8 Å². The number of carbonyl (C=O) groups is 1. The van der Waals surface area contributed by atoms with Crippen LogP contribution in [0.15, 0.2) is 47.6 Å². The fourth-order valence-electron chi connectivity index (χ4n) is 1.94. The van der Waals surface area contributed by atoms with Gasteiger partial charge in [-0.3, -0.25) is 14.9 Å². The van der Waals surface area contributed by atoms with Gasteiger partial charge in [-0.1, -0.05) is 35.9 Å². The van der Waals surface area contributed by atoms with Crippen LogP contribution in [-0.4, -0.2) is 16.5 Å². The molecule has 7 heteroatoms. The molecular weight excluding hydrogens is 318 g/mol. The summed E-state index contributed by atoms with van der Waals surface area (Å²) in [5, 5.41) is 15.3. The van der Waals surface area contributed by atoms with Gasteiger partial charge in [0.1, 0.15) is 0 Å². The van der Waals surface area contributed by atoms with Crippen molar-refractivity contribution in [1.82, 2.24) is 5.43 Å². The van der Waals surface area contributed by atoms with E-state index >= 15 is 0 Å². The highest BCUT2D eigenvalue weighted by atomic mass is 35.5. The third-order valence-corrected chi connectivity index (χ3v) is 3.60. The smallest absolute Gasteiger partial charge is 0.267 e. The zero-order valence-corrected chi connectivity index (χ0v) is 13.3. The Morgan fingerprint density at radius 2 is 1.96 bits per heavy atom. The van der Waals surface area contributed by atoms with Crippen LogP contribution in [0, 0.1) is 17.0 Å². The van der Waals surface area contributed by atoms with Crippen molar-refractivity contribution in [2.75, 3.05) is 0 Å². The normalized spacial score (nSPS) is 11.2. The van der Waals surface area contributed by atoms with Crippen LogP contribution < -0.4 is 5.43 Å². The van der Waals surface area contributed by atoms with Gasteiger partial charge in [0.2, 0.25) is 0 Å². The molecule has 6 nitrogen and oxygen atoms in total. The van der Waals surface area contributed by atoms with E-state index in [1.165, 1.54) is 6.07 Å². The van der Waals surface area contributed by atoms with Crippen molar-refractivity contribution >= 4 is 28.9 Å². The van der Waals surface area contributed by atoms with Gasteiger partial charge in [0.15, 0.2) is 0 Å². The molecule has 2 rings (SSSR count). The Kier molecular flexibility index (Phi) is 5.08. The molecule has 1 N–H and O–H groups in total. The minimum atomic E-state index is -0.450. The third-order valence-electron chi connectivity index (χ3n) is 3.27. The summed E-state index contributed by atoms with van der Waals surface area (Å²) in [6.45, 7) is 3.31. The van der Waals surface area contributed by atoms with Crippen LogP contribution in [0.1, 0.15) is 28.4 Å². The highest BCUT2D eigenvalue weighted by molar-refractivity contribution is 6.33. The molecule has 0 bridgehead atoms. The van der Waals surface area contributed by atoms with Gasteiger partial charge < -0.3 is 0 Å². The lowest BCUT2D eigenvalue weighted by molar-refractivity contribution is -0.385. The second-order valence-electron chi connectivity index (χ2n) is 4.88. The molecule has 0 aromatic heterocycles. The Balaban J connectivity index is 2.21. The highest BCUT2D eigenvalue weighted by Gasteiger charge is 2.13. The van der Waals surface area contributed by atoms with Crippen LogP contribution in [0.25, 0.3) is 0 Å². The number of hydrazone groups is 1. The number of amides is 1. The summed E-state index contributed by atoms with van der Waals surface area (Å²) in [4.78, 5) is 22.5. The molecule has 0 aliphatic carbocycles. The molecule has 0 radical (unpaired) electrons. The SMILES string of the molecule is C/C(=N/NC(=O)c1ccccc1Cl)c1ccc(C)c([N+](=O)[O-])c1. The average Bonchev–Trinajstić information content (AvgIpc) is 2.52. The second kappa shape index (κ2) is 7.02. The monoisotopic (exact) mass is 331 g/mol. The second-order valence-corrected chi connectivity index (χ2v) is 5.28. The molecule has 0 saturated carbocycles. The molecule has 0 atom stereocenters. The van der Waals surface area contributed by atoms with E-state index in [1.54, 1.807) is 50.2 Å². The summed E-state index contributed by atoms with van der Waals surface area (Å²) in [5.41, 5.74) is 4.28. The van der Waals surface area contributed by atoms with Gasteiger partial charge in [-0.2, -0.15) is 5.10 Å². The largest absolute Gasteiger partial charge is 0.272 e. The summed E-state index contributed by atoms with van der Waals surface area (Å²) in [6.07, 6.45) is 0. The number of aryl methyl sites for hydroxylation is 1. The van der Waals surface area contributed by atoms with E-state index < -0.39 is 10.8 Å². The lowest BCUT2D eigenvalue weighted by atomic mass is 10.1. The average molecular weight is 332 g/mol. The summed E-state index contributed by atoms with van der Waals surface area (Å²) in [6, 6.07) is 11.4. The van der Waals surface area contributed by atoms with Crippen LogP contribution in [0.3, 0.4) is 0 Å². The molecule has 0 heterocycles. The summed E-state index contributed by atoms with van der Waals surface area (Å²) in [5.74, 6) is -0.448. The molecule has 2 aromatic rings. The van der Waals surface area contributed by atoms with E-state index in [1.807, 2.05) is 0 Å². The molecule has 0 unspecified atom stereocenters. The number of nitrogens with zero attached hydrogens (tertiary/aromatic N) is 2. The van der Waals surface area contributed by atoms with Crippen molar-refractivity contribution in [2.24, 2.45) is 5.10 Å². The lowest BCUT2D eigenvalue weighted by Crippen LogP contribution is -2.19. The molecule has 0 spiro atoms. The van der Waals surface area contributed by atoms with Gasteiger partial charge in [-0.15, -0.1) is 0 Å². The topological polar surface area (TPSA) is 84.6 Å². The van der Waals surface area contributed by atoms with Gasteiger partial charge in [0.05, 0.1) is 21.2 Å². The zero-order chi connectivity index (χ0) is 17.0. The molecule has 0 saturated heterocycles. The Morgan fingerprint density at radius 3 is 2.61 bits per heavy atom. The Morgan fingerprint density at radius 1 is 1.26 bits per heavy atom. The van der Waals surface area contributed by atoms with E-state index in [9.17, 15) is 14.9 Å². The molecule has 23 heavy (non-hydrogen) atoms. The number of benzene rings is 2. The summed E-state index contributed by atoms with van der Waals surface area (Å²) in [7, 11) is 0. The highest BCUT2D eigenvalue weighted by Crippen LogP contribution is 2.19. The van der Waals surface area contributed by atoms with Gasteiger partial charge in [0, 0.05) is 17.2 Å². The van der Waals surface area contributed by atoms with E-state index in [4.69, 9.17) is 11.6 Å². The number of nitro benzene ring substituents is 1. The number of carbonyl (C=O) groups excluding carboxylic acids is 1. The number of nitrogens with one attached hydrogen (secondary N) is 1. The van der Waals surface area contributed by atoms with Crippen LogP contribution in [0.5, 0.6) is 0 Å². The van der Waals surface area contributed by atoms with Gasteiger partial charge >= 0.3 is 0 Å². The number of hydrogen-bond donors (Lipinski definition) is 1. The van der Waals surface area contributed by atoms with Crippen molar-refractivity contribution in [1.29, 1.82) is 0 Å². The van der Waals surface area contributed by atoms with Gasteiger partial charge in [-0.05, 0) is 26.0 Å². The summed E-state index contributed by atoms with van der Waals surface area (Å²) >= 11 is 5.94. The zero-order valence-electron chi connectivity index (χ0n) is 12.5.